The van der Waals surface area contributed by atoms with Gasteiger partial charge in [0.2, 0.25) is 11.8 Å². The summed E-state index contributed by atoms with van der Waals surface area (Å²) in [6.07, 6.45) is 2.11. The number of hydrogen-bond donors (Lipinski definition) is 1. The van der Waals surface area contributed by atoms with Crippen LogP contribution in [-0.2, 0) is 0 Å². The fraction of sp³-hybridized carbons (Fsp3) is 0.211. The Balaban J connectivity index is 1.77. The van der Waals surface area contributed by atoms with Crippen molar-refractivity contribution in [2.75, 3.05) is 6.61 Å². The fourth-order valence-electron chi connectivity index (χ4n) is 2.27. The lowest BCUT2D eigenvalue weighted by Crippen LogP contribution is -1.95. The Hall–Kier alpha value is -3.15. The molecule has 0 fully saturated rings. The molecule has 0 amide bonds. The van der Waals surface area contributed by atoms with Crippen LogP contribution in [0.3, 0.4) is 0 Å². The Labute approximate surface area is 145 Å². The lowest BCUT2D eigenvalue weighted by atomic mass is 10.1. The Kier molecular flexibility index (Phi) is 5.09. The summed E-state index contributed by atoms with van der Waals surface area (Å²) in [5.41, 5.74) is 1.51. The number of unbranched alkanes of at least 4 members (excludes halogenated alkanes) is 1. The summed E-state index contributed by atoms with van der Waals surface area (Å²) in [6.45, 7) is 2.81. The molecule has 128 valence electrons. The fourth-order valence-corrected chi connectivity index (χ4v) is 2.27. The van der Waals surface area contributed by atoms with E-state index in [1.54, 1.807) is 12.1 Å². The molecule has 6 nitrogen and oxygen atoms in total. The molecule has 0 saturated heterocycles. The van der Waals surface area contributed by atoms with Crippen LogP contribution >= 0.6 is 0 Å². The molecule has 1 N–H and O–H groups in total. The monoisotopic (exact) mass is 338 g/mol. The molecule has 1 heterocycles. The zero-order chi connectivity index (χ0) is 17.6. The predicted octanol–water partition coefficient (Wildman–Crippen LogP) is 4.28. The Morgan fingerprint density at radius 2 is 1.80 bits per heavy atom. The number of carboxylic acid groups (broad SMARTS) is 1. The van der Waals surface area contributed by atoms with Gasteiger partial charge in [0, 0.05) is 11.1 Å². The van der Waals surface area contributed by atoms with Crippen molar-refractivity contribution in [2.45, 2.75) is 19.8 Å². The maximum absolute atomic E-state index is 11.1. The second kappa shape index (κ2) is 7.61. The summed E-state index contributed by atoms with van der Waals surface area (Å²) in [7, 11) is 0. The summed E-state index contributed by atoms with van der Waals surface area (Å²) in [6, 6.07) is 13.8. The summed E-state index contributed by atoms with van der Waals surface area (Å²) in [5.74, 6) is 0.448. The number of carbonyl (C=O) groups is 1. The van der Waals surface area contributed by atoms with E-state index < -0.39 is 5.97 Å². The molecule has 3 aromatic rings. The topological polar surface area (TPSA) is 85.5 Å². The third-order valence-electron chi connectivity index (χ3n) is 3.65. The van der Waals surface area contributed by atoms with Crippen molar-refractivity contribution in [1.29, 1.82) is 0 Å². The van der Waals surface area contributed by atoms with E-state index in [4.69, 9.17) is 14.3 Å². The molecule has 3 rings (SSSR count). The number of aromatic nitrogens is 2. The van der Waals surface area contributed by atoms with Crippen molar-refractivity contribution in [3.8, 4) is 28.7 Å². The standard InChI is InChI=1S/C19H18N2O4/c1-2-3-11-24-16-9-7-13(8-10-16)17-20-21-18(25-17)14-5-4-6-15(12-14)19(22)23/h4-10,12H,2-3,11H2,1H3,(H,22,23). The first kappa shape index (κ1) is 16.7. The van der Waals surface area contributed by atoms with Gasteiger partial charge in [0.15, 0.2) is 0 Å². The van der Waals surface area contributed by atoms with Gasteiger partial charge in [0.25, 0.3) is 0 Å². The van der Waals surface area contributed by atoms with Crippen LogP contribution in [0.25, 0.3) is 22.9 Å². The van der Waals surface area contributed by atoms with Crippen LogP contribution in [0.15, 0.2) is 52.9 Å². The first-order valence-electron chi connectivity index (χ1n) is 8.08. The van der Waals surface area contributed by atoms with Gasteiger partial charge in [-0.05, 0) is 48.9 Å². The van der Waals surface area contributed by atoms with E-state index in [0.29, 0.717) is 18.1 Å². The van der Waals surface area contributed by atoms with Crippen molar-refractivity contribution < 1.29 is 19.1 Å². The Morgan fingerprint density at radius 3 is 2.48 bits per heavy atom. The van der Waals surface area contributed by atoms with Crippen molar-refractivity contribution >= 4 is 5.97 Å². The highest BCUT2D eigenvalue weighted by molar-refractivity contribution is 5.88. The largest absolute Gasteiger partial charge is 0.494 e. The molecule has 25 heavy (non-hydrogen) atoms. The molecule has 0 radical (unpaired) electrons. The molecule has 0 aliphatic carbocycles. The van der Waals surface area contributed by atoms with Crippen LogP contribution in [-0.4, -0.2) is 27.9 Å². The van der Waals surface area contributed by atoms with E-state index in [-0.39, 0.29) is 11.5 Å². The van der Waals surface area contributed by atoms with Crippen molar-refractivity contribution in [2.24, 2.45) is 0 Å². The van der Waals surface area contributed by atoms with E-state index in [2.05, 4.69) is 17.1 Å². The molecule has 0 atom stereocenters. The molecule has 2 aromatic carbocycles. The zero-order valence-corrected chi connectivity index (χ0v) is 13.8. The van der Waals surface area contributed by atoms with Gasteiger partial charge in [-0.2, -0.15) is 0 Å². The summed E-state index contributed by atoms with van der Waals surface area (Å²) < 4.78 is 11.3. The van der Waals surface area contributed by atoms with Gasteiger partial charge in [-0.1, -0.05) is 19.4 Å². The highest BCUT2D eigenvalue weighted by atomic mass is 16.5. The van der Waals surface area contributed by atoms with E-state index in [1.165, 1.54) is 12.1 Å². The molecule has 0 spiro atoms. The van der Waals surface area contributed by atoms with Gasteiger partial charge in [-0.15, -0.1) is 10.2 Å². The second-order valence-corrected chi connectivity index (χ2v) is 5.52. The van der Waals surface area contributed by atoms with Crippen LogP contribution in [0.2, 0.25) is 0 Å². The van der Waals surface area contributed by atoms with E-state index in [0.717, 1.165) is 24.2 Å². The third-order valence-corrected chi connectivity index (χ3v) is 3.65. The number of hydrogen-bond acceptors (Lipinski definition) is 5. The Bertz CT molecular complexity index is 856. The number of carboxylic acids is 1. The van der Waals surface area contributed by atoms with Crippen molar-refractivity contribution in [3.63, 3.8) is 0 Å². The van der Waals surface area contributed by atoms with Crippen LogP contribution in [0.4, 0.5) is 0 Å². The van der Waals surface area contributed by atoms with Crippen LogP contribution in [0.1, 0.15) is 30.1 Å². The minimum absolute atomic E-state index is 0.172. The SMILES string of the molecule is CCCCOc1ccc(-c2nnc(-c3cccc(C(=O)O)c3)o2)cc1. The minimum atomic E-state index is -1.000. The maximum Gasteiger partial charge on any atom is 0.335 e. The van der Waals surface area contributed by atoms with Gasteiger partial charge in [0.05, 0.1) is 12.2 Å². The van der Waals surface area contributed by atoms with Crippen molar-refractivity contribution in [1.82, 2.24) is 10.2 Å². The van der Waals surface area contributed by atoms with Gasteiger partial charge in [-0.25, -0.2) is 4.79 Å². The first-order valence-corrected chi connectivity index (χ1v) is 8.08. The van der Waals surface area contributed by atoms with Gasteiger partial charge in [0.1, 0.15) is 5.75 Å². The Morgan fingerprint density at radius 1 is 1.08 bits per heavy atom. The lowest BCUT2D eigenvalue weighted by Gasteiger charge is -2.05. The smallest absolute Gasteiger partial charge is 0.335 e. The normalized spacial score (nSPS) is 10.6. The van der Waals surface area contributed by atoms with Crippen LogP contribution in [0.5, 0.6) is 5.75 Å². The molecule has 1 aromatic heterocycles. The first-order chi connectivity index (χ1) is 12.2. The number of aromatic carboxylic acids is 1. The number of nitrogens with zero attached hydrogens (tertiary/aromatic N) is 2. The molecule has 0 unspecified atom stereocenters. The third kappa shape index (κ3) is 4.03. The molecular weight excluding hydrogens is 320 g/mol. The van der Waals surface area contributed by atoms with Gasteiger partial charge >= 0.3 is 5.97 Å². The highest BCUT2D eigenvalue weighted by Crippen LogP contribution is 2.26. The summed E-state index contributed by atoms with van der Waals surface area (Å²) >= 11 is 0. The second-order valence-electron chi connectivity index (χ2n) is 5.52. The molecule has 0 aliphatic rings. The predicted molar refractivity (Wildman–Crippen MR) is 92.5 cm³/mol. The molecule has 0 aliphatic heterocycles. The molecule has 6 heteroatoms. The molecular formula is C19H18N2O4. The quantitative estimate of drug-likeness (QED) is 0.647. The summed E-state index contributed by atoms with van der Waals surface area (Å²) in [5, 5.41) is 17.1. The maximum atomic E-state index is 11.1. The van der Waals surface area contributed by atoms with Gasteiger partial charge < -0.3 is 14.3 Å². The molecule has 0 bridgehead atoms. The van der Waals surface area contributed by atoms with E-state index >= 15 is 0 Å². The molecule has 0 saturated carbocycles. The zero-order valence-electron chi connectivity index (χ0n) is 13.8. The average molecular weight is 338 g/mol. The summed E-state index contributed by atoms with van der Waals surface area (Å²) in [4.78, 5) is 11.1. The number of benzene rings is 2. The van der Waals surface area contributed by atoms with Crippen LogP contribution in [0, 0.1) is 0 Å². The lowest BCUT2D eigenvalue weighted by molar-refractivity contribution is 0.0697. The number of ether oxygens (including phenoxy) is 1. The van der Waals surface area contributed by atoms with Crippen LogP contribution < -0.4 is 4.74 Å². The van der Waals surface area contributed by atoms with E-state index in [9.17, 15) is 4.79 Å². The van der Waals surface area contributed by atoms with Crippen molar-refractivity contribution in [3.05, 3.63) is 54.1 Å². The van der Waals surface area contributed by atoms with Gasteiger partial charge in [-0.3, -0.25) is 0 Å². The number of rotatable bonds is 7. The minimum Gasteiger partial charge on any atom is -0.494 e. The average Bonchev–Trinajstić information content (AvgIpc) is 3.13. The highest BCUT2D eigenvalue weighted by Gasteiger charge is 2.12. The van der Waals surface area contributed by atoms with E-state index in [1.807, 2.05) is 24.3 Å².